The molecule has 0 aromatic heterocycles. The maximum atomic E-state index is 12.6. The first kappa shape index (κ1) is 9.93. The van der Waals surface area contributed by atoms with Crippen LogP contribution >= 0.6 is 0 Å². The second kappa shape index (κ2) is 5.49. The average molecular weight is 180 g/mol. The van der Waals surface area contributed by atoms with Crippen LogP contribution in [0.4, 0.5) is 4.39 Å². The van der Waals surface area contributed by atoms with Crippen molar-refractivity contribution in [1.82, 2.24) is 0 Å². The van der Waals surface area contributed by atoms with Crippen molar-refractivity contribution in [3.8, 4) is 0 Å². The molecule has 0 bridgehead atoms. The highest BCUT2D eigenvalue weighted by atomic mass is 19.1. The topological polar surface area (TPSA) is 9.23 Å². The third-order valence-corrected chi connectivity index (χ3v) is 1.64. The monoisotopic (exact) mass is 180 g/mol. The molecular weight excluding hydrogens is 167 g/mol. The molecule has 13 heavy (non-hydrogen) atoms. The van der Waals surface area contributed by atoms with Gasteiger partial charge in [-0.1, -0.05) is 36.4 Å². The molecule has 1 aromatic carbocycles. The number of rotatable bonds is 5. The zero-order valence-electron chi connectivity index (χ0n) is 7.45. The van der Waals surface area contributed by atoms with Crippen molar-refractivity contribution in [3.05, 3.63) is 48.6 Å². The number of alkyl halides is 1. The highest BCUT2D eigenvalue weighted by molar-refractivity contribution is 5.13. The van der Waals surface area contributed by atoms with Crippen LogP contribution in [0.3, 0.4) is 0 Å². The smallest absolute Gasteiger partial charge is 0.141 e. The number of hydrogen-bond acceptors (Lipinski definition) is 1. The van der Waals surface area contributed by atoms with Gasteiger partial charge in [0.05, 0.1) is 13.2 Å². The number of halogens is 1. The van der Waals surface area contributed by atoms with Crippen molar-refractivity contribution in [1.29, 1.82) is 0 Å². The summed E-state index contributed by atoms with van der Waals surface area (Å²) in [6, 6.07) is 9.69. The summed E-state index contributed by atoms with van der Waals surface area (Å²) in [4.78, 5) is 0. The molecule has 0 saturated carbocycles. The molecule has 0 radical (unpaired) electrons. The summed E-state index contributed by atoms with van der Waals surface area (Å²) in [7, 11) is 0. The van der Waals surface area contributed by atoms with Gasteiger partial charge in [-0.2, -0.15) is 0 Å². The Bertz CT molecular complexity index is 246. The molecule has 0 amide bonds. The van der Waals surface area contributed by atoms with Crippen molar-refractivity contribution < 1.29 is 9.13 Å². The van der Waals surface area contributed by atoms with Crippen LogP contribution in [0, 0.1) is 0 Å². The van der Waals surface area contributed by atoms with E-state index in [0.29, 0.717) is 6.61 Å². The molecule has 0 aliphatic rings. The van der Waals surface area contributed by atoms with E-state index in [2.05, 4.69) is 6.58 Å². The van der Waals surface area contributed by atoms with Gasteiger partial charge in [-0.15, -0.1) is 6.58 Å². The molecule has 70 valence electrons. The number of benzene rings is 1. The van der Waals surface area contributed by atoms with E-state index in [9.17, 15) is 4.39 Å². The molecule has 0 N–H and O–H groups in total. The van der Waals surface area contributed by atoms with Crippen LogP contribution in [0.2, 0.25) is 0 Å². The van der Waals surface area contributed by atoms with Crippen LogP contribution in [0.25, 0.3) is 0 Å². The van der Waals surface area contributed by atoms with E-state index in [0.717, 1.165) is 5.56 Å². The molecule has 0 aliphatic heterocycles. The first-order chi connectivity index (χ1) is 6.33. The molecule has 1 rings (SSSR count). The van der Waals surface area contributed by atoms with E-state index in [1.54, 1.807) is 0 Å². The molecule has 0 fully saturated rings. The van der Waals surface area contributed by atoms with Crippen molar-refractivity contribution in [2.45, 2.75) is 12.8 Å². The Kier molecular flexibility index (Phi) is 4.19. The summed E-state index contributed by atoms with van der Waals surface area (Å²) >= 11 is 0. The maximum absolute atomic E-state index is 12.6. The predicted octanol–water partition coefficient (Wildman–Crippen LogP) is 2.73. The second-order valence-corrected chi connectivity index (χ2v) is 2.75. The quantitative estimate of drug-likeness (QED) is 0.633. The normalized spacial score (nSPS) is 12.4. The number of ether oxygens (including phenoxy) is 1. The lowest BCUT2D eigenvalue weighted by molar-refractivity contribution is 0.0854. The first-order valence-corrected chi connectivity index (χ1v) is 4.21. The summed E-state index contributed by atoms with van der Waals surface area (Å²) < 4.78 is 17.7. The Morgan fingerprint density at radius 3 is 2.69 bits per heavy atom. The Balaban J connectivity index is 2.24. The lowest BCUT2D eigenvalue weighted by Gasteiger charge is -2.04. The van der Waals surface area contributed by atoms with E-state index >= 15 is 0 Å². The van der Waals surface area contributed by atoms with Crippen LogP contribution < -0.4 is 0 Å². The van der Waals surface area contributed by atoms with Gasteiger partial charge in [0.1, 0.15) is 6.17 Å². The van der Waals surface area contributed by atoms with Gasteiger partial charge in [-0.3, -0.25) is 0 Å². The lowest BCUT2D eigenvalue weighted by atomic mass is 10.2. The van der Waals surface area contributed by atoms with Gasteiger partial charge in [0.15, 0.2) is 0 Å². The van der Waals surface area contributed by atoms with Crippen molar-refractivity contribution >= 4 is 0 Å². The maximum Gasteiger partial charge on any atom is 0.141 e. The van der Waals surface area contributed by atoms with Crippen LogP contribution in [0.5, 0.6) is 0 Å². The fourth-order valence-corrected chi connectivity index (χ4v) is 0.932. The van der Waals surface area contributed by atoms with E-state index in [4.69, 9.17) is 4.74 Å². The molecule has 1 aromatic rings. The van der Waals surface area contributed by atoms with Gasteiger partial charge >= 0.3 is 0 Å². The first-order valence-electron chi connectivity index (χ1n) is 4.21. The van der Waals surface area contributed by atoms with Crippen LogP contribution in [-0.4, -0.2) is 12.8 Å². The molecule has 1 unspecified atom stereocenters. The Morgan fingerprint density at radius 2 is 2.08 bits per heavy atom. The third kappa shape index (κ3) is 3.85. The summed E-state index contributed by atoms with van der Waals surface area (Å²) in [6.45, 7) is 3.87. The molecule has 2 heteroatoms. The molecule has 1 atom stereocenters. The zero-order chi connectivity index (χ0) is 9.52. The fourth-order valence-electron chi connectivity index (χ4n) is 0.932. The van der Waals surface area contributed by atoms with Crippen LogP contribution in [0.15, 0.2) is 43.0 Å². The minimum Gasteiger partial charge on any atom is -0.373 e. The van der Waals surface area contributed by atoms with Crippen molar-refractivity contribution in [2.24, 2.45) is 0 Å². The summed E-state index contributed by atoms with van der Waals surface area (Å²) in [5, 5.41) is 0. The standard InChI is InChI=1S/C11H13FO/c1-2-11(12)9-13-8-10-6-4-3-5-7-10/h2-7,11H,1,8-9H2. The molecule has 0 aliphatic carbocycles. The Morgan fingerprint density at radius 1 is 1.38 bits per heavy atom. The van der Waals surface area contributed by atoms with E-state index in [-0.39, 0.29) is 6.61 Å². The molecule has 0 saturated heterocycles. The van der Waals surface area contributed by atoms with Crippen LogP contribution in [0.1, 0.15) is 5.56 Å². The van der Waals surface area contributed by atoms with Crippen LogP contribution in [-0.2, 0) is 11.3 Å². The average Bonchev–Trinajstić information content (AvgIpc) is 2.19. The highest BCUT2D eigenvalue weighted by Gasteiger charge is 1.99. The lowest BCUT2D eigenvalue weighted by Crippen LogP contribution is -2.06. The largest absolute Gasteiger partial charge is 0.373 e. The highest BCUT2D eigenvalue weighted by Crippen LogP contribution is 2.02. The van der Waals surface area contributed by atoms with Gasteiger partial charge in [0.25, 0.3) is 0 Å². The van der Waals surface area contributed by atoms with Gasteiger partial charge in [0, 0.05) is 0 Å². The second-order valence-electron chi connectivity index (χ2n) is 2.75. The van der Waals surface area contributed by atoms with Crippen molar-refractivity contribution in [2.75, 3.05) is 6.61 Å². The van der Waals surface area contributed by atoms with E-state index < -0.39 is 6.17 Å². The minimum atomic E-state index is -1.07. The zero-order valence-corrected chi connectivity index (χ0v) is 7.45. The third-order valence-electron chi connectivity index (χ3n) is 1.64. The minimum absolute atomic E-state index is 0.0817. The van der Waals surface area contributed by atoms with Crippen molar-refractivity contribution in [3.63, 3.8) is 0 Å². The fraction of sp³-hybridized carbons (Fsp3) is 0.273. The van der Waals surface area contributed by atoms with Gasteiger partial charge < -0.3 is 4.74 Å². The molecular formula is C11H13FO. The Hall–Kier alpha value is -1.15. The number of hydrogen-bond donors (Lipinski definition) is 0. The molecule has 1 nitrogen and oxygen atoms in total. The molecule has 0 heterocycles. The van der Waals surface area contributed by atoms with Gasteiger partial charge in [-0.05, 0) is 5.56 Å². The molecule has 0 spiro atoms. The van der Waals surface area contributed by atoms with Gasteiger partial charge in [0.2, 0.25) is 0 Å². The Labute approximate surface area is 77.8 Å². The summed E-state index contributed by atoms with van der Waals surface area (Å²) in [5.74, 6) is 0. The van der Waals surface area contributed by atoms with E-state index in [1.807, 2.05) is 30.3 Å². The SMILES string of the molecule is C=CC(F)COCc1ccccc1. The van der Waals surface area contributed by atoms with Gasteiger partial charge in [-0.25, -0.2) is 4.39 Å². The van der Waals surface area contributed by atoms with E-state index in [1.165, 1.54) is 6.08 Å². The predicted molar refractivity (Wildman–Crippen MR) is 51.2 cm³/mol. The summed E-state index contributed by atoms with van der Waals surface area (Å²) in [5.41, 5.74) is 1.05. The summed E-state index contributed by atoms with van der Waals surface area (Å²) in [6.07, 6.45) is 0.175.